The molecule has 0 saturated heterocycles. The first-order valence-electron chi connectivity index (χ1n) is 5.25. The summed E-state index contributed by atoms with van der Waals surface area (Å²) in [6.07, 6.45) is 1.01. The van der Waals surface area contributed by atoms with Crippen LogP contribution in [0.15, 0.2) is 12.2 Å². The highest BCUT2D eigenvalue weighted by Crippen LogP contribution is 2.16. The van der Waals surface area contributed by atoms with E-state index in [9.17, 15) is 0 Å². The molecule has 3 N–H and O–H groups in total. The zero-order valence-corrected chi connectivity index (χ0v) is 9.84. The predicted molar refractivity (Wildman–Crippen MR) is 60.8 cm³/mol. The summed E-state index contributed by atoms with van der Waals surface area (Å²) in [6.45, 7) is 12.9. The lowest BCUT2D eigenvalue weighted by atomic mass is 9.95. The number of hydrogen-bond donors (Lipinski definition) is 2. The molecule has 84 valence electrons. The Balaban J connectivity index is 4.32. The highest BCUT2D eigenvalue weighted by atomic mass is 16.5. The Bertz CT molecular complexity index is 169. The smallest absolute Gasteiger partial charge is 0.0767 e. The molecule has 0 aromatic rings. The lowest BCUT2D eigenvalue weighted by molar-refractivity contribution is 0.00360. The second-order valence-electron chi connectivity index (χ2n) is 4.10. The van der Waals surface area contributed by atoms with Gasteiger partial charge in [0.15, 0.2) is 0 Å². The van der Waals surface area contributed by atoms with Crippen molar-refractivity contribution >= 4 is 0 Å². The van der Waals surface area contributed by atoms with Crippen LogP contribution in [0.1, 0.15) is 34.1 Å². The van der Waals surface area contributed by atoms with E-state index in [2.05, 4.69) is 25.9 Å². The van der Waals surface area contributed by atoms with Crippen molar-refractivity contribution in [1.29, 1.82) is 0 Å². The van der Waals surface area contributed by atoms with Crippen molar-refractivity contribution in [3.05, 3.63) is 12.2 Å². The van der Waals surface area contributed by atoms with Crippen molar-refractivity contribution in [1.82, 2.24) is 5.43 Å². The molecule has 0 aromatic heterocycles. The Labute approximate surface area is 87.7 Å². The summed E-state index contributed by atoms with van der Waals surface area (Å²) in [5.41, 5.74) is 3.94. The van der Waals surface area contributed by atoms with Gasteiger partial charge in [-0.1, -0.05) is 19.4 Å². The van der Waals surface area contributed by atoms with E-state index >= 15 is 0 Å². The molecule has 0 bridgehead atoms. The van der Waals surface area contributed by atoms with Gasteiger partial charge < -0.3 is 4.74 Å². The Kier molecular flexibility index (Phi) is 6.79. The standard InChI is InChI=1S/C11H24N2O/c1-6-14-11(9(4)5)10(13-12)7-8(2)3/h9-11,13H,2,6-7,12H2,1,3-5H3. The Morgan fingerprint density at radius 1 is 1.50 bits per heavy atom. The number of hydrogen-bond acceptors (Lipinski definition) is 3. The van der Waals surface area contributed by atoms with Gasteiger partial charge in [0.1, 0.15) is 0 Å². The van der Waals surface area contributed by atoms with Gasteiger partial charge in [0.25, 0.3) is 0 Å². The summed E-state index contributed by atoms with van der Waals surface area (Å²) in [5.74, 6) is 5.97. The molecule has 0 heterocycles. The van der Waals surface area contributed by atoms with E-state index in [0.717, 1.165) is 18.6 Å². The van der Waals surface area contributed by atoms with Crippen LogP contribution in [-0.2, 0) is 4.74 Å². The van der Waals surface area contributed by atoms with Gasteiger partial charge in [-0.3, -0.25) is 11.3 Å². The number of nitrogens with two attached hydrogens (primary N) is 1. The molecule has 3 heteroatoms. The fourth-order valence-corrected chi connectivity index (χ4v) is 1.61. The summed E-state index contributed by atoms with van der Waals surface area (Å²) >= 11 is 0. The second-order valence-corrected chi connectivity index (χ2v) is 4.10. The molecule has 0 aromatic carbocycles. The minimum Gasteiger partial charge on any atom is -0.377 e. The molecule has 0 aliphatic carbocycles. The second kappa shape index (κ2) is 6.98. The first-order chi connectivity index (χ1) is 6.52. The van der Waals surface area contributed by atoms with Crippen LogP contribution >= 0.6 is 0 Å². The van der Waals surface area contributed by atoms with Crippen LogP contribution in [0.5, 0.6) is 0 Å². The van der Waals surface area contributed by atoms with Gasteiger partial charge in [0.2, 0.25) is 0 Å². The number of nitrogens with one attached hydrogen (secondary N) is 1. The maximum absolute atomic E-state index is 5.67. The van der Waals surface area contributed by atoms with E-state index in [-0.39, 0.29) is 12.1 Å². The largest absolute Gasteiger partial charge is 0.377 e. The molecule has 2 unspecified atom stereocenters. The third kappa shape index (κ3) is 4.74. The fraction of sp³-hybridized carbons (Fsp3) is 0.818. The molecule has 0 fully saturated rings. The molecule has 0 amide bonds. The molecule has 0 radical (unpaired) electrons. The molecule has 0 aliphatic rings. The average Bonchev–Trinajstić information content (AvgIpc) is 2.10. The number of rotatable bonds is 7. The van der Waals surface area contributed by atoms with E-state index in [4.69, 9.17) is 10.6 Å². The van der Waals surface area contributed by atoms with Crippen LogP contribution in [-0.4, -0.2) is 18.8 Å². The van der Waals surface area contributed by atoms with Gasteiger partial charge in [-0.15, -0.1) is 6.58 Å². The first kappa shape index (κ1) is 13.6. The summed E-state index contributed by atoms with van der Waals surface area (Å²) in [4.78, 5) is 0. The van der Waals surface area contributed by atoms with Crippen LogP contribution in [0.2, 0.25) is 0 Å². The minimum atomic E-state index is 0.154. The zero-order valence-electron chi connectivity index (χ0n) is 9.84. The summed E-state index contributed by atoms with van der Waals surface area (Å²) in [6, 6.07) is 0.160. The maximum Gasteiger partial charge on any atom is 0.0767 e. The van der Waals surface area contributed by atoms with Crippen LogP contribution in [0.4, 0.5) is 0 Å². The maximum atomic E-state index is 5.67. The minimum absolute atomic E-state index is 0.154. The molecule has 0 rings (SSSR count). The number of ether oxygens (including phenoxy) is 1. The van der Waals surface area contributed by atoms with Gasteiger partial charge in [-0.2, -0.15) is 0 Å². The van der Waals surface area contributed by atoms with E-state index in [1.165, 1.54) is 0 Å². The van der Waals surface area contributed by atoms with Crippen molar-refractivity contribution in [2.45, 2.75) is 46.3 Å². The molecular weight excluding hydrogens is 176 g/mol. The summed E-state index contributed by atoms with van der Waals surface area (Å²) < 4.78 is 5.67. The summed E-state index contributed by atoms with van der Waals surface area (Å²) in [5, 5.41) is 0. The lowest BCUT2D eigenvalue weighted by Crippen LogP contribution is -2.47. The Morgan fingerprint density at radius 3 is 2.36 bits per heavy atom. The monoisotopic (exact) mass is 200 g/mol. The molecule has 2 atom stereocenters. The van der Waals surface area contributed by atoms with Crippen molar-refractivity contribution in [3.63, 3.8) is 0 Å². The molecule has 3 nitrogen and oxygen atoms in total. The lowest BCUT2D eigenvalue weighted by Gasteiger charge is -2.29. The fourth-order valence-electron chi connectivity index (χ4n) is 1.61. The van der Waals surface area contributed by atoms with Gasteiger partial charge in [0.05, 0.1) is 12.1 Å². The average molecular weight is 200 g/mol. The van der Waals surface area contributed by atoms with E-state index in [1.54, 1.807) is 0 Å². The van der Waals surface area contributed by atoms with Gasteiger partial charge in [-0.05, 0) is 26.2 Å². The highest BCUT2D eigenvalue weighted by molar-refractivity contribution is 4.95. The van der Waals surface area contributed by atoms with E-state index in [1.807, 2.05) is 13.8 Å². The Hall–Kier alpha value is -0.380. The van der Waals surface area contributed by atoms with E-state index < -0.39 is 0 Å². The molecule has 0 spiro atoms. The highest BCUT2D eigenvalue weighted by Gasteiger charge is 2.23. The third-order valence-corrected chi connectivity index (χ3v) is 2.20. The van der Waals surface area contributed by atoms with Crippen LogP contribution < -0.4 is 11.3 Å². The normalized spacial score (nSPS) is 15.6. The van der Waals surface area contributed by atoms with Crippen LogP contribution in [0.3, 0.4) is 0 Å². The molecule has 0 aliphatic heterocycles. The van der Waals surface area contributed by atoms with Crippen molar-refractivity contribution in [2.24, 2.45) is 11.8 Å². The SMILES string of the molecule is C=C(C)CC(NN)C(OCC)C(C)C. The number of hydrazine groups is 1. The third-order valence-electron chi connectivity index (χ3n) is 2.20. The Morgan fingerprint density at radius 2 is 2.07 bits per heavy atom. The van der Waals surface area contributed by atoms with Gasteiger partial charge in [0, 0.05) is 6.61 Å². The van der Waals surface area contributed by atoms with Crippen LogP contribution in [0, 0.1) is 5.92 Å². The summed E-state index contributed by atoms with van der Waals surface area (Å²) in [7, 11) is 0. The van der Waals surface area contributed by atoms with Gasteiger partial charge in [-0.25, -0.2) is 0 Å². The van der Waals surface area contributed by atoms with Gasteiger partial charge >= 0.3 is 0 Å². The zero-order chi connectivity index (χ0) is 11.1. The first-order valence-corrected chi connectivity index (χ1v) is 5.25. The molecule has 14 heavy (non-hydrogen) atoms. The van der Waals surface area contributed by atoms with Crippen molar-refractivity contribution in [3.8, 4) is 0 Å². The predicted octanol–water partition coefficient (Wildman–Crippen LogP) is 1.85. The van der Waals surface area contributed by atoms with Crippen molar-refractivity contribution in [2.75, 3.05) is 6.61 Å². The van der Waals surface area contributed by atoms with Crippen LogP contribution in [0.25, 0.3) is 0 Å². The van der Waals surface area contributed by atoms with Crippen molar-refractivity contribution < 1.29 is 4.74 Å². The molecule has 0 saturated carbocycles. The quantitative estimate of drug-likeness (QED) is 0.374. The topological polar surface area (TPSA) is 47.3 Å². The molecular formula is C11H24N2O. The van der Waals surface area contributed by atoms with E-state index in [0.29, 0.717) is 5.92 Å².